The maximum Gasteiger partial charge on any atom is 0.149 e. The summed E-state index contributed by atoms with van der Waals surface area (Å²) in [5.74, 6) is 7.58. The largest absolute Gasteiger partial charge is 0.493 e. The molecule has 1 heterocycles. The summed E-state index contributed by atoms with van der Waals surface area (Å²) in [6.45, 7) is 0.731. The van der Waals surface area contributed by atoms with Gasteiger partial charge in [0.2, 0.25) is 0 Å². The zero-order valence-corrected chi connectivity index (χ0v) is 12.5. The van der Waals surface area contributed by atoms with E-state index in [1.165, 1.54) is 0 Å². The number of rotatable bonds is 6. The minimum atomic E-state index is 0.0944. The molecule has 3 nitrogen and oxygen atoms in total. The predicted molar refractivity (Wildman–Crippen MR) is 83.4 cm³/mol. The van der Waals surface area contributed by atoms with Crippen LogP contribution in [0.4, 0.5) is 0 Å². The van der Waals surface area contributed by atoms with Gasteiger partial charge in [-0.1, -0.05) is 29.7 Å². The second-order valence-corrected chi connectivity index (χ2v) is 6.03. The van der Waals surface area contributed by atoms with Gasteiger partial charge in [0.05, 0.1) is 13.2 Å². The van der Waals surface area contributed by atoms with E-state index in [9.17, 15) is 0 Å². The monoisotopic (exact) mass is 305 g/mol. The van der Waals surface area contributed by atoms with E-state index >= 15 is 0 Å². The van der Waals surface area contributed by atoms with Crippen LogP contribution in [0, 0.1) is 11.8 Å². The third-order valence-electron chi connectivity index (χ3n) is 2.29. The molecule has 0 fully saturated rings. The molecule has 1 aromatic heterocycles. The lowest BCUT2D eigenvalue weighted by Gasteiger charge is -2.05. The molecule has 0 aliphatic carbocycles. The van der Waals surface area contributed by atoms with Gasteiger partial charge in [-0.2, -0.15) is 0 Å². The highest BCUT2D eigenvalue weighted by molar-refractivity contribution is 8.01. The molecule has 0 aliphatic heterocycles. The Morgan fingerprint density at radius 3 is 3.15 bits per heavy atom. The van der Waals surface area contributed by atoms with E-state index in [2.05, 4.69) is 16.8 Å². The van der Waals surface area contributed by atoms with Gasteiger partial charge in [-0.3, -0.25) is 0 Å². The Balaban J connectivity index is 1.78. The van der Waals surface area contributed by atoms with Crippen molar-refractivity contribution in [3.8, 4) is 17.6 Å². The Morgan fingerprint density at radius 2 is 2.35 bits per heavy atom. The third-order valence-corrected chi connectivity index (χ3v) is 4.22. The van der Waals surface area contributed by atoms with E-state index in [1.54, 1.807) is 23.1 Å². The maximum absolute atomic E-state index is 8.69. The smallest absolute Gasteiger partial charge is 0.149 e. The number of thiazole rings is 1. The van der Waals surface area contributed by atoms with E-state index in [0.717, 1.165) is 21.4 Å². The minimum absolute atomic E-state index is 0.0944. The van der Waals surface area contributed by atoms with Crippen LogP contribution in [-0.4, -0.2) is 29.1 Å². The number of thioether (sulfide) groups is 1. The van der Waals surface area contributed by atoms with E-state index in [1.807, 2.05) is 35.8 Å². The third kappa shape index (κ3) is 5.25. The SMILES string of the molecule is OCCC#Cc1cccc(OCCSc2nccs2)c1. The fourth-order valence-corrected chi connectivity index (χ4v) is 2.98. The van der Waals surface area contributed by atoms with Gasteiger partial charge < -0.3 is 9.84 Å². The number of ether oxygens (including phenoxy) is 1. The molecule has 0 unspecified atom stereocenters. The van der Waals surface area contributed by atoms with Crippen molar-refractivity contribution in [1.82, 2.24) is 4.98 Å². The summed E-state index contributed by atoms with van der Waals surface area (Å²) in [6, 6.07) is 7.69. The number of benzene rings is 1. The fourth-order valence-electron chi connectivity index (χ4n) is 1.45. The summed E-state index contributed by atoms with van der Waals surface area (Å²) in [4.78, 5) is 4.20. The molecular weight excluding hydrogens is 290 g/mol. The Kier molecular flexibility index (Phi) is 6.45. The number of hydrogen-bond acceptors (Lipinski definition) is 5. The molecule has 0 saturated heterocycles. The van der Waals surface area contributed by atoms with Crippen LogP contribution in [0.25, 0.3) is 0 Å². The first kappa shape index (κ1) is 14.9. The second-order valence-electron chi connectivity index (χ2n) is 3.80. The summed E-state index contributed by atoms with van der Waals surface area (Å²) < 4.78 is 6.76. The van der Waals surface area contributed by atoms with Crippen molar-refractivity contribution in [2.45, 2.75) is 10.8 Å². The minimum Gasteiger partial charge on any atom is -0.493 e. The van der Waals surface area contributed by atoms with Gasteiger partial charge in [-0.25, -0.2) is 4.98 Å². The van der Waals surface area contributed by atoms with Crippen LogP contribution >= 0.6 is 23.1 Å². The number of hydrogen-bond donors (Lipinski definition) is 1. The van der Waals surface area contributed by atoms with Gasteiger partial charge in [0.1, 0.15) is 10.1 Å². The maximum atomic E-state index is 8.69. The first-order valence-electron chi connectivity index (χ1n) is 6.23. The van der Waals surface area contributed by atoms with Gasteiger partial charge in [0.15, 0.2) is 0 Å². The molecule has 104 valence electrons. The average Bonchev–Trinajstić information content (AvgIpc) is 2.98. The quantitative estimate of drug-likeness (QED) is 0.506. The molecule has 0 bridgehead atoms. The van der Waals surface area contributed by atoms with Crippen molar-refractivity contribution in [2.75, 3.05) is 19.0 Å². The van der Waals surface area contributed by atoms with Crippen LogP contribution in [0.3, 0.4) is 0 Å². The standard InChI is InChI=1S/C15H15NO2S2/c17-8-2-1-4-13-5-3-6-14(12-13)18-9-11-20-15-16-7-10-19-15/h3,5-7,10,12,17H,2,8-9,11H2. The van der Waals surface area contributed by atoms with Gasteiger partial charge in [-0.15, -0.1) is 11.3 Å². The highest BCUT2D eigenvalue weighted by atomic mass is 32.2. The molecule has 2 aromatic rings. The second kappa shape index (κ2) is 8.64. The first-order valence-corrected chi connectivity index (χ1v) is 8.10. The van der Waals surface area contributed by atoms with Crippen molar-refractivity contribution < 1.29 is 9.84 Å². The fraction of sp³-hybridized carbons (Fsp3) is 0.267. The highest BCUT2D eigenvalue weighted by Crippen LogP contribution is 2.20. The van der Waals surface area contributed by atoms with E-state index in [-0.39, 0.29) is 6.61 Å². The molecule has 0 atom stereocenters. The lowest BCUT2D eigenvalue weighted by atomic mass is 10.2. The molecule has 0 amide bonds. The van der Waals surface area contributed by atoms with E-state index in [4.69, 9.17) is 9.84 Å². The topological polar surface area (TPSA) is 42.4 Å². The molecule has 0 radical (unpaired) electrons. The van der Waals surface area contributed by atoms with E-state index in [0.29, 0.717) is 13.0 Å². The lowest BCUT2D eigenvalue weighted by Crippen LogP contribution is -2.00. The Morgan fingerprint density at radius 1 is 1.40 bits per heavy atom. The first-order chi connectivity index (χ1) is 9.88. The number of aliphatic hydroxyl groups excluding tert-OH is 1. The lowest BCUT2D eigenvalue weighted by molar-refractivity contribution is 0.305. The summed E-state index contributed by atoms with van der Waals surface area (Å²) >= 11 is 3.33. The summed E-state index contributed by atoms with van der Waals surface area (Å²) in [5, 5.41) is 10.7. The summed E-state index contributed by atoms with van der Waals surface area (Å²) in [7, 11) is 0. The number of aliphatic hydroxyl groups is 1. The van der Waals surface area contributed by atoms with Gasteiger partial charge >= 0.3 is 0 Å². The van der Waals surface area contributed by atoms with Crippen LogP contribution in [0.2, 0.25) is 0 Å². The van der Waals surface area contributed by atoms with Crippen molar-refractivity contribution in [3.05, 3.63) is 41.4 Å². The van der Waals surface area contributed by atoms with Crippen molar-refractivity contribution in [2.24, 2.45) is 0 Å². The molecule has 0 aliphatic rings. The summed E-state index contributed by atoms with van der Waals surface area (Å²) in [5.41, 5.74) is 0.906. The molecule has 0 saturated carbocycles. The van der Waals surface area contributed by atoms with Crippen molar-refractivity contribution >= 4 is 23.1 Å². The molecule has 5 heteroatoms. The molecule has 1 aromatic carbocycles. The Hall–Kier alpha value is -1.48. The van der Waals surface area contributed by atoms with Crippen molar-refractivity contribution in [1.29, 1.82) is 0 Å². The van der Waals surface area contributed by atoms with Crippen LogP contribution < -0.4 is 4.74 Å². The van der Waals surface area contributed by atoms with Gasteiger partial charge in [-0.05, 0) is 18.2 Å². The van der Waals surface area contributed by atoms with E-state index < -0.39 is 0 Å². The summed E-state index contributed by atoms with van der Waals surface area (Å²) in [6.07, 6.45) is 2.30. The van der Waals surface area contributed by atoms with Crippen LogP contribution in [0.1, 0.15) is 12.0 Å². The number of aromatic nitrogens is 1. The molecular formula is C15H15NO2S2. The molecule has 2 rings (SSSR count). The number of nitrogens with zero attached hydrogens (tertiary/aromatic N) is 1. The van der Waals surface area contributed by atoms with Gasteiger partial charge in [0.25, 0.3) is 0 Å². The average molecular weight is 305 g/mol. The Bertz CT molecular complexity index is 573. The molecule has 1 N–H and O–H groups in total. The molecule has 0 spiro atoms. The normalized spacial score (nSPS) is 9.85. The van der Waals surface area contributed by atoms with Gasteiger partial charge in [0, 0.05) is 29.3 Å². The van der Waals surface area contributed by atoms with Crippen LogP contribution in [-0.2, 0) is 0 Å². The molecule has 20 heavy (non-hydrogen) atoms. The van der Waals surface area contributed by atoms with Crippen molar-refractivity contribution in [3.63, 3.8) is 0 Å². The highest BCUT2D eigenvalue weighted by Gasteiger charge is 1.98. The predicted octanol–water partition coefficient (Wildman–Crippen LogP) is 3.05. The van der Waals surface area contributed by atoms with Crippen LogP contribution in [0.5, 0.6) is 5.75 Å². The zero-order valence-electron chi connectivity index (χ0n) is 10.9. The zero-order chi connectivity index (χ0) is 14.0. The van der Waals surface area contributed by atoms with Crippen LogP contribution in [0.15, 0.2) is 40.2 Å². The Labute approximate surface area is 127 Å².